The van der Waals surface area contributed by atoms with E-state index in [1.165, 1.54) is 12.1 Å². The number of hydrogen-bond acceptors (Lipinski definition) is 2. The molecule has 0 saturated heterocycles. The minimum atomic E-state index is -4.39. The fourth-order valence-corrected chi connectivity index (χ4v) is 2.43. The van der Waals surface area contributed by atoms with E-state index in [1.807, 2.05) is 0 Å². The van der Waals surface area contributed by atoms with Crippen molar-refractivity contribution in [1.29, 1.82) is 0 Å². The normalized spacial score (nSPS) is 16.9. The first-order chi connectivity index (χ1) is 9.45. The third kappa shape index (κ3) is 4.25. The van der Waals surface area contributed by atoms with Crippen molar-refractivity contribution in [3.63, 3.8) is 0 Å². The zero-order valence-electron chi connectivity index (χ0n) is 11.1. The number of carbonyl (C=O) groups excluding carboxylic acids is 1. The van der Waals surface area contributed by atoms with Crippen molar-refractivity contribution in [2.24, 2.45) is 0 Å². The Bertz CT molecular complexity index is 462. The van der Waals surface area contributed by atoms with Crippen molar-refractivity contribution in [2.45, 2.75) is 50.8 Å². The summed E-state index contributed by atoms with van der Waals surface area (Å²) in [6.45, 7) is 0. The first-order valence-corrected chi connectivity index (χ1v) is 6.81. The molecule has 0 bridgehead atoms. The van der Waals surface area contributed by atoms with Gasteiger partial charge in [0.15, 0.2) is 0 Å². The molecule has 0 N–H and O–H groups in total. The molecular weight excluding hydrogens is 269 g/mol. The second kappa shape index (κ2) is 6.29. The van der Waals surface area contributed by atoms with Crippen LogP contribution in [0.2, 0.25) is 0 Å². The quantitative estimate of drug-likeness (QED) is 0.781. The van der Waals surface area contributed by atoms with Crippen molar-refractivity contribution in [2.75, 3.05) is 0 Å². The zero-order chi connectivity index (χ0) is 14.6. The number of esters is 1. The summed E-state index contributed by atoms with van der Waals surface area (Å²) in [6.07, 6.45) is 0.388. The second-order valence-corrected chi connectivity index (χ2v) is 5.12. The van der Waals surface area contributed by atoms with Crippen molar-refractivity contribution >= 4 is 5.97 Å². The molecule has 0 unspecified atom stereocenters. The van der Waals surface area contributed by atoms with E-state index in [0.717, 1.165) is 44.2 Å². The van der Waals surface area contributed by atoms with Crippen LogP contribution in [-0.4, -0.2) is 12.1 Å². The Balaban J connectivity index is 1.93. The van der Waals surface area contributed by atoms with Gasteiger partial charge in [0.05, 0.1) is 12.0 Å². The Morgan fingerprint density at radius 1 is 1.20 bits per heavy atom. The Morgan fingerprint density at radius 2 is 1.90 bits per heavy atom. The maximum Gasteiger partial charge on any atom is 0.416 e. The van der Waals surface area contributed by atoms with E-state index < -0.39 is 17.7 Å². The maximum atomic E-state index is 12.6. The molecule has 1 aromatic carbocycles. The SMILES string of the molecule is O=C(Cc1cccc(C(F)(F)F)c1)OC1CCCCC1. The van der Waals surface area contributed by atoms with E-state index >= 15 is 0 Å². The van der Waals surface area contributed by atoms with Crippen molar-refractivity contribution < 1.29 is 22.7 Å². The molecule has 1 aliphatic rings. The molecule has 110 valence electrons. The fourth-order valence-electron chi connectivity index (χ4n) is 2.43. The van der Waals surface area contributed by atoms with Gasteiger partial charge in [-0.05, 0) is 37.3 Å². The van der Waals surface area contributed by atoms with Crippen LogP contribution in [0.15, 0.2) is 24.3 Å². The third-order valence-corrected chi connectivity index (χ3v) is 3.45. The molecule has 2 rings (SSSR count). The molecule has 0 amide bonds. The van der Waals surface area contributed by atoms with Crippen molar-refractivity contribution in [1.82, 2.24) is 0 Å². The number of halogens is 3. The van der Waals surface area contributed by atoms with Gasteiger partial charge in [-0.3, -0.25) is 4.79 Å². The third-order valence-electron chi connectivity index (χ3n) is 3.45. The number of alkyl halides is 3. The average Bonchev–Trinajstić information content (AvgIpc) is 2.39. The van der Waals surface area contributed by atoms with Gasteiger partial charge < -0.3 is 4.74 Å². The zero-order valence-corrected chi connectivity index (χ0v) is 11.1. The molecule has 0 aromatic heterocycles. The van der Waals surface area contributed by atoms with Crippen LogP contribution < -0.4 is 0 Å². The summed E-state index contributed by atoms with van der Waals surface area (Å²) in [5, 5.41) is 0. The van der Waals surface area contributed by atoms with Gasteiger partial charge in [0.2, 0.25) is 0 Å². The number of hydrogen-bond donors (Lipinski definition) is 0. The molecule has 0 heterocycles. The van der Waals surface area contributed by atoms with Crippen LogP contribution in [-0.2, 0) is 22.1 Å². The van der Waals surface area contributed by atoms with E-state index in [2.05, 4.69) is 0 Å². The fraction of sp³-hybridized carbons (Fsp3) is 0.533. The predicted octanol–water partition coefficient (Wildman–Crippen LogP) is 4.12. The first-order valence-electron chi connectivity index (χ1n) is 6.81. The highest BCUT2D eigenvalue weighted by Gasteiger charge is 2.30. The molecule has 0 spiro atoms. The van der Waals surface area contributed by atoms with E-state index in [0.29, 0.717) is 5.56 Å². The van der Waals surface area contributed by atoms with Gasteiger partial charge in [0.25, 0.3) is 0 Å². The summed E-state index contributed by atoms with van der Waals surface area (Å²) in [6, 6.07) is 4.82. The van der Waals surface area contributed by atoms with Crippen LogP contribution >= 0.6 is 0 Å². The standard InChI is InChI=1S/C15H17F3O2/c16-15(17,18)12-6-4-5-11(9-12)10-14(19)20-13-7-2-1-3-8-13/h4-6,9,13H,1-3,7-8,10H2. The number of benzene rings is 1. The van der Waals surface area contributed by atoms with E-state index in [4.69, 9.17) is 4.74 Å². The monoisotopic (exact) mass is 286 g/mol. The molecule has 5 heteroatoms. The molecule has 1 saturated carbocycles. The van der Waals surface area contributed by atoms with E-state index in [9.17, 15) is 18.0 Å². The highest BCUT2D eigenvalue weighted by Crippen LogP contribution is 2.29. The van der Waals surface area contributed by atoms with E-state index in [1.54, 1.807) is 0 Å². The largest absolute Gasteiger partial charge is 0.462 e. The maximum absolute atomic E-state index is 12.6. The molecule has 1 aliphatic carbocycles. The molecule has 0 radical (unpaired) electrons. The van der Waals surface area contributed by atoms with Crippen LogP contribution in [0.1, 0.15) is 43.2 Å². The Kier molecular flexibility index (Phi) is 4.68. The van der Waals surface area contributed by atoms with Crippen LogP contribution in [0.5, 0.6) is 0 Å². The second-order valence-electron chi connectivity index (χ2n) is 5.12. The van der Waals surface area contributed by atoms with Gasteiger partial charge in [-0.1, -0.05) is 24.6 Å². The van der Waals surface area contributed by atoms with Gasteiger partial charge in [-0.15, -0.1) is 0 Å². The number of ether oxygens (including phenoxy) is 1. The summed E-state index contributed by atoms with van der Waals surface area (Å²) in [7, 11) is 0. The van der Waals surface area contributed by atoms with Crippen LogP contribution in [0, 0.1) is 0 Å². The lowest BCUT2D eigenvalue weighted by atomic mass is 9.98. The molecule has 20 heavy (non-hydrogen) atoms. The van der Waals surface area contributed by atoms with E-state index in [-0.39, 0.29) is 12.5 Å². The van der Waals surface area contributed by atoms with Gasteiger partial charge >= 0.3 is 12.1 Å². The molecule has 1 aromatic rings. The average molecular weight is 286 g/mol. The smallest absolute Gasteiger partial charge is 0.416 e. The van der Waals surface area contributed by atoms with Crippen molar-refractivity contribution in [3.8, 4) is 0 Å². The number of carbonyl (C=O) groups is 1. The molecule has 1 fully saturated rings. The summed E-state index contributed by atoms with van der Waals surface area (Å²) in [5.41, 5.74) is -0.402. The molecule has 0 aliphatic heterocycles. The van der Waals surface area contributed by atoms with Gasteiger partial charge in [0.1, 0.15) is 6.10 Å². The Hall–Kier alpha value is -1.52. The molecular formula is C15H17F3O2. The van der Waals surface area contributed by atoms with Gasteiger partial charge in [-0.2, -0.15) is 13.2 Å². The van der Waals surface area contributed by atoms with Crippen molar-refractivity contribution in [3.05, 3.63) is 35.4 Å². The number of rotatable bonds is 3. The van der Waals surface area contributed by atoms with Crippen LogP contribution in [0.3, 0.4) is 0 Å². The Morgan fingerprint density at radius 3 is 2.55 bits per heavy atom. The van der Waals surface area contributed by atoms with Gasteiger partial charge in [-0.25, -0.2) is 0 Å². The lowest BCUT2D eigenvalue weighted by Gasteiger charge is -2.21. The summed E-state index contributed by atoms with van der Waals surface area (Å²) in [5.74, 6) is -0.448. The summed E-state index contributed by atoms with van der Waals surface area (Å²) < 4.78 is 43.0. The Labute approximate surface area is 115 Å². The summed E-state index contributed by atoms with van der Waals surface area (Å²) in [4.78, 5) is 11.7. The molecule has 0 atom stereocenters. The lowest BCUT2D eigenvalue weighted by Crippen LogP contribution is -2.22. The topological polar surface area (TPSA) is 26.3 Å². The predicted molar refractivity (Wildman–Crippen MR) is 68.1 cm³/mol. The summed E-state index contributed by atoms with van der Waals surface area (Å²) >= 11 is 0. The molecule has 2 nitrogen and oxygen atoms in total. The van der Waals surface area contributed by atoms with Crippen LogP contribution in [0.4, 0.5) is 13.2 Å². The van der Waals surface area contributed by atoms with Crippen LogP contribution in [0.25, 0.3) is 0 Å². The minimum Gasteiger partial charge on any atom is -0.462 e. The van der Waals surface area contributed by atoms with Gasteiger partial charge in [0, 0.05) is 0 Å². The highest BCUT2D eigenvalue weighted by atomic mass is 19.4. The highest BCUT2D eigenvalue weighted by molar-refractivity contribution is 5.72. The first kappa shape index (κ1) is 14.9. The minimum absolute atomic E-state index is 0.0675. The lowest BCUT2D eigenvalue weighted by molar-refractivity contribution is -0.149.